The number of aliphatic hydroxyl groups is 2. The largest absolute Gasteiger partial charge is 0.393 e. The molecule has 2 fully saturated rings. The van der Waals surface area contributed by atoms with E-state index >= 15 is 0 Å². The maximum atomic E-state index is 10.8. The van der Waals surface area contributed by atoms with Gasteiger partial charge in [0.25, 0.3) is 0 Å². The molecular formula is C15H24O2. The third-order valence-corrected chi connectivity index (χ3v) is 5.98. The number of hydrogen-bond acceptors (Lipinski definition) is 2. The number of rotatable bonds is 0. The fraction of sp³-hybridized carbons (Fsp3) is 0.867. The molecule has 0 heterocycles. The summed E-state index contributed by atoms with van der Waals surface area (Å²) in [5.74, 6) is 1.13. The lowest BCUT2D eigenvalue weighted by atomic mass is 9.51. The van der Waals surface area contributed by atoms with Crippen LogP contribution in [0.25, 0.3) is 0 Å². The summed E-state index contributed by atoms with van der Waals surface area (Å²) in [6, 6.07) is 0. The normalized spacial score (nSPS) is 57.6. The molecule has 0 unspecified atom stereocenters. The van der Waals surface area contributed by atoms with Gasteiger partial charge >= 0.3 is 0 Å². The van der Waals surface area contributed by atoms with Crippen LogP contribution >= 0.6 is 0 Å². The highest BCUT2D eigenvalue weighted by molar-refractivity contribution is 5.23. The van der Waals surface area contributed by atoms with Crippen molar-refractivity contribution in [3.05, 3.63) is 11.6 Å². The third-order valence-electron chi connectivity index (χ3n) is 5.98. The van der Waals surface area contributed by atoms with Crippen molar-refractivity contribution in [2.45, 2.75) is 58.2 Å². The van der Waals surface area contributed by atoms with Crippen molar-refractivity contribution in [1.82, 2.24) is 0 Å². The molecule has 3 aliphatic carbocycles. The van der Waals surface area contributed by atoms with Gasteiger partial charge in [0.2, 0.25) is 0 Å². The number of fused-ring (bicyclic) bond motifs is 1. The molecule has 0 saturated heterocycles. The summed E-state index contributed by atoms with van der Waals surface area (Å²) < 4.78 is 0. The van der Waals surface area contributed by atoms with Crippen LogP contribution in [0.5, 0.6) is 0 Å². The van der Waals surface area contributed by atoms with Crippen LogP contribution in [0.4, 0.5) is 0 Å². The minimum atomic E-state index is -0.692. The van der Waals surface area contributed by atoms with E-state index in [-0.39, 0.29) is 17.4 Å². The minimum absolute atomic E-state index is 0.0746. The van der Waals surface area contributed by atoms with Gasteiger partial charge in [-0.1, -0.05) is 18.6 Å². The molecule has 0 radical (unpaired) electrons. The molecule has 0 aromatic heterocycles. The van der Waals surface area contributed by atoms with Crippen molar-refractivity contribution >= 4 is 0 Å². The summed E-state index contributed by atoms with van der Waals surface area (Å²) in [5.41, 5.74) is 0.913. The first-order valence-electron chi connectivity index (χ1n) is 6.94. The SMILES string of the molecule is CC1=CC[C@]23C[C@H]1C[C@@](C)(O)[C@H]2[C@H](O)C[C@@H]3C. The quantitative estimate of drug-likeness (QED) is 0.634. The van der Waals surface area contributed by atoms with E-state index in [1.54, 1.807) is 0 Å². The molecule has 2 heteroatoms. The molecule has 96 valence electrons. The molecular weight excluding hydrogens is 212 g/mol. The highest BCUT2D eigenvalue weighted by Crippen LogP contribution is 2.64. The Labute approximate surface area is 104 Å². The fourth-order valence-electron chi connectivity index (χ4n) is 5.19. The van der Waals surface area contributed by atoms with E-state index < -0.39 is 5.60 Å². The maximum Gasteiger partial charge on any atom is 0.0683 e. The molecule has 17 heavy (non-hydrogen) atoms. The predicted molar refractivity (Wildman–Crippen MR) is 67.4 cm³/mol. The van der Waals surface area contributed by atoms with Gasteiger partial charge in [-0.25, -0.2) is 0 Å². The summed E-state index contributed by atoms with van der Waals surface area (Å²) in [6.07, 6.45) is 5.97. The summed E-state index contributed by atoms with van der Waals surface area (Å²) in [6.45, 7) is 6.40. The Morgan fingerprint density at radius 1 is 1.35 bits per heavy atom. The summed E-state index contributed by atoms with van der Waals surface area (Å²) in [4.78, 5) is 0. The Balaban J connectivity index is 2.09. The molecule has 3 aliphatic rings. The van der Waals surface area contributed by atoms with E-state index in [1.807, 2.05) is 6.92 Å². The molecule has 0 aromatic rings. The van der Waals surface area contributed by atoms with Gasteiger partial charge in [0, 0.05) is 5.92 Å². The van der Waals surface area contributed by atoms with Crippen LogP contribution in [0.3, 0.4) is 0 Å². The first-order chi connectivity index (χ1) is 7.87. The highest BCUT2D eigenvalue weighted by Gasteiger charge is 2.62. The zero-order valence-corrected chi connectivity index (χ0v) is 11.1. The number of allylic oxidation sites excluding steroid dienone is 2. The van der Waals surface area contributed by atoms with Crippen LogP contribution in [0, 0.1) is 23.2 Å². The summed E-state index contributed by atoms with van der Waals surface area (Å²) >= 11 is 0. The molecule has 2 N–H and O–H groups in total. The van der Waals surface area contributed by atoms with Gasteiger partial charge < -0.3 is 10.2 Å². The molecule has 0 amide bonds. The van der Waals surface area contributed by atoms with Crippen molar-refractivity contribution in [1.29, 1.82) is 0 Å². The van der Waals surface area contributed by atoms with E-state index in [0.717, 1.165) is 19.3 Å². The van der Waals surface area contributed by atoms with Gasteiger partial charge in [-0.15, -0.1) is 0 Å². The molecule has 2 nitrogen and oxygen atoms in total. The van der Waals surface area contributed by atoms with E-state index in [2.05, 4.69) is 19.9 Å². The van der Waals surface area contributed by atoms with Crippen LogP contribution in [0.1, 0.15) is 46.5 Å². The van der Waals surface area contributed by atoms with Crippen LogP contribution in [-0.2, 0) is 0 Å². The Hall–Kier alpha value is -0.340. The van der Waals surface area contributed by atoms with Crippen molar-refractivity contribution in [2.24, 2.45) is 23.2 Å². The summed E-state index contributed by atoms with van der Waals surface area (Å²) in [7, 11) is 0. The average Bonchev–Trinajstić information content (AvgIpc) is 2.45. The zero-order valence-electron chi connectivity index (χ0n) is 11.1. The molecule has 3 rings (SSSR count). The van der Waals surface area contributed by atoms with Crippen molar-refractivity contribution in [3.8, 4) is 0 Å². The standard InChI is InChI=1S/C15H24O2/c1-9-4-5-15-8-11(9)7-14(3,17)13(15)12(16)6-10(15)2/h4,10-13,16-17H,5-8H2,1-3H3/t10-,11+,12+,13+,14+,15+/m0/s1. The van der Waals surface area contributed by atoms with E-state index in [9.17, 15) is 10.2 Å². The Bertz CT molecular complexity index is 371. The monoisotopic (exact) mass is 236 g/mol. The van der Waals surface area contributed by atoms with E-state index in [1.165, 1.54) is 12.0 Å². The van der Waals surface area contributed by atoms with Gasteiger partial charge in [-0.2, -0.15) is 0 Å². The summed E-state index contributed by atoms with van der Waals surface area (Å²) in [5, 5.41) is 21.1. The predicted octanol–water partition coefficient (Wildman–Crippen LogP) is 2.50. The van der Waals surface area contributed by atoms with E-state index in [0.29, 0.717) is 11.8 Å². The second-order valence-electron chi connectivity index (χ2n) is 7.03. The minimum Gasteiger partial charge on any atom is -0.393 e. The number of aliphatic hydroxyl groups excluding tert-OH is 1. The van der Waals surface area contributed by atoms with Crippen LogP contribution < -0.4 is 0 Å². The first kappa shape index (κ1) is 11.7. The van der Waals surface area contributed by atoms with Crippen molar-refractivity contribution < 1.29 is 10.2 Å². The lowest BCUT2D eigenvalue weighted by Crippen LogP contribution is -2.55. The van der Waals surface area contributed by atoms with Gasteiger partial charge in [0.1, 0.15) is 0 Å². The Kier molecular flexibility index (Phi) is 2.32. The highest BCUT2D eigenvalue weighted by atomic mass is 16.3. The topological polar surface area (TPSA) is 40.5 Å². The van der Waals surface area contributed by atoms with Gasteiger partial charge in [-0.05, 0) is 56.8 Å². The van der Waals surface area contributed by atoms with Gasteiger partial charge in [-0.3, -0.25) is 0 Å². The molecule has 1 spiro atoms. The lowest BCUT2D eigenvalue weighted by molar-refractivity contribution is -0.142. The van der Waals surface area contributed by atoms with Crippen LogP contribution in [0.15, 0.2) is 11.6 Å². The average molecular weight is 236 g/mol. The van der Waals surface area contributed by atoms with Crippen LogP contribution in [-0.4, -0.2) is 21.9 Å². The lowest BCUT2D eigenvalue weighted by Gasteiger charge is -2.55. The van der Waals surface area contributed by atoms with Crippen molar-refractivity contribution in [3.63, 3.8) is 0 Å². The third kappa shape index (κ3) is 1.40. The molecule has 0 aromatic carbocycles. The molecule has 2 bridgehead atoms. The van der Waals surface area contributed by atoms with Gasteiger partial charge in [0.15, 0.2) is 0 Å². The van der Waals surface area contributed by atoms with Crippen LogP contribution in [0.2, 0.25) is 0 Å². The maximum absolute atomic E-state index is 10.8. The van der Waals surface area contributed by atoms with Crippen molar-refractivity contribution in [2.75, 3.05) is 0 Å². The smallest absolute Gasteiger partial charge is 0.0683 e. The fourth-order valence-corrected chi connectivity index (χ4v) is 5.19. The molecule has 0 aliphatic heterocycles. The molecule has 2 saturated carbocycles. The van der Waals surface area contributed by atoms with E-state index in [4.69, 9.17) is 0 Å². The molecule has 6 atom stereocenters. The number of hydrogen-bond donors (Lipinski definition) is 2. The first-order valence-corrected chi connectivity index (χ1v) is 6.94. The zero-order chi connectivity index (χ0) is 12.4. The Morgan fingerprint density at radius 3 is 2.76 bits per heavy atom. The van der Waals surface area contributed by atoms with Gasteiger partial charge in [0.05, 0.1) is 11.7 Å². The second kappa shape index (κ2) is 3.36. The Morgan fingerprint density at radius 2 is 2.06 bits per heavy atom. The second-order valence-corrected chi connectivity index (χ2v) is 7.03.